The van der Waals surface area contributed by atoms with Crippen LogP contribution in [0.25, 0.3) is 0 Å². The average molecular weight is 384 g/mol. The van der Waals surface area contributed by atoms with Gasteiger partial charge in [-0.15, -0.1) is 0 Å². The molecule has 0 aromatic carbocycles. The first kappa shape index (κ1) is 22.0. The monoisotopic (exact) mass is 383 g/mol. The van der Waals surface area contributed by atoms with E-state index in [0.29, 0.717) is 26.2 Å². The summed E-state index contributed by atoms with van der Waals surface area (Å²) >= 11 is 0. The Morgan fingerprint density at radius 3 is 1.96 bits per heavy atom. The van der Waals surface area contributed by atoms with Gasteiger partial charge in [-0.2, -0.15) is 0 Å². The summed E-state index contributed by atoms with van der Waals surface area (Å²) < 4.78 is 5.26. The molecule has 0 spiro atoms. The second-order valence-corrected chi connectivity index (χ2v) is 7.68. The van der Waals surface area contributed by atoms with E-state index < -0.39 is 17.3 Å². The predicted octanol–water partition coefficient (Wildman–Crippen LogP) is -2.72. The summed E-state index contributed by atoms with van der Waals surface area (Å²) in [5, 5.41) is 29.8. The molecule has 1 saturated heterocycles. The van der Waals surface area contributed by atoms with Crippen molar-refractivity contribution in [3.8, 4) is 0 Å². The van der Waals surface area contributed by atoms with Gasteiger partial charge < -0.3 is 41.4 Å². The van der Waals surface area contributed by atoms with Gasteiger partial charge in [-0.3, -0.25) is 4.79 Å². The first-order valence-electron chi connectivity index (χ1n) is 9.95. The third-order valence-corrected chi connectivity index (χ3v) is 5.09. The third kappa shape index (κ3) is 6.39. The summed E-state index contributed by atoms with van der Waals surface area (Å²) in [5.41, 5.74) is -1.27. The molecule has 5 N–H and O–H groups in total. The van der Waals surface area contributed by atoms with Crippen molar-refractivity contribution in [3.63, 3.8) is 0 Å². The zero-order chi connectivity index (χ0) is 19.6. The van der Waals surface area contributed by atoms with Crippen LogP contribution >= 0.6 is 0 Å². The number of carbonyl (C=O) groups is 1. The minimum atomic E-state index is -1.33. The Morgan fingerprint density at radius 1 is 0.963 bits per heavy atom. The SMILES string of the molecule is CCOC(=O)C12CNCCNCC(C)(CNCCN=C1[O-])CNCCNC2. The van der Waals surface area contributed by atoms with Crippen molar-refractivity contribution in [2.75, 3.05) is 78.6 Å². The Hall–Kier alpha value is -1.26. The lowest BCUT2D eigenvalue weighted by Crippen LogP contribution is -2.59. The zero-order valence-electron chi connectivity index (χ0n) is 16.7. The van der Waals surface area contributed by atoms with Crippen molar-refractivity contribution < 1.29 is 14.6 Å². The molecule has 3 aliphatic rings. The van der Waals surface area contributed by atoms with E-state index in [2.05, 4.69) is 38.5 Å². The fourth-order valence-corrected chi connectivity index (χ4v) is 3.42. The molecule has 27 heavy (non-hydrogen) atoms. The number of hydrogen-bond donors (Lipinski definition) is 5. The molecule has 0 aliphatic carbocycles. The molecule has 9 heteroatoms. The first-order valence-corrected chi connectivity index (χ1v) is 9.95. The molecule has 0 saturated carbocycles. The lowest BCUT2D eigenvalue weighted by atomic mass is 9.86. The van der Waals surface area contributed by atoms with Crippen molar-refractivity contribution >= 4 is 11.9 Å². The molecule has 0 aromatic heterocycles. The Morgan fingerprint density at radius 2 is 1.44 bits per heavy atom. The van der Waals surface area contributed by atoms with Crippen LogP contribution in [0.5, 0.6) is 0 Å². The maximum Gasteiger partial charge on any atom is 0.319 e. The summed E-state index contributed by atoms with van der Waals surface area (Å²) in [5.74, 6) is -0.931. The maximum absolute atomic E-state index is 13.0. The van der Waals surface area contributed by atoms with Gasteiger partial charge in [-0.25, -0.2) is 0 Å². The number of rotatable bonds is 2. The Balaban J connectivity index is 2.30. The highest BCUT2D eigenvalue weighted by Crippen LogP contribution is 2.19. The minimum absolute atomic E-state index is 0.0624. The van der Waals surface area contributed by atoms with E-state index in [1.165, 1.54) is 0 Å². The zero-order valence-corrected chi connectivity index (χ0v) is 16.7. The normalized spacial score (nSPS) is 32.1. The van der Waals surface area contributed by atoms with E-state index in [-0.39, 0.29) is 25.1 Å². The summed E-state index contributed by atoms with van der Waals surface area (Å²) in [6.45, 7) is 11.0. The van der Waals surface area contributed by atoms with Crippen LogP contribution in [0.15, 0.2) is 4.99 Å². The van der Waals surface area contributed by atoms with Gasteiger partial charge in [0.15, 0.2) is 0 Å². The fraction of sp³-hybridized carbons (Fsp3) is 0.889. The molecule has 2 bridgehead atoms. The van der Waals surface area contributed by atoms with Gasteiger partial charge in [0.05, 0.1) is 13.2 Å². The quantitative estimate of drug-likeness (QED) is 0.326. The van der Waals surface area contributed by atoms with E-state index in [4.69, 9.17) is 4.74 Å². The van der Waals surface area contributed by atoms with E-state index in [0.717, 1.165) is 32.7 Å². The highest BCUT2D eigenvalue weighted by atomic mass is 16.5. The average Bonchev–Trinajstić information content (AvgIpc) is 2.64. The highest BCUT2D eigenvalue weighted by Gasteiger charge is 2.40. The molecular weight excluding hydrogens is 348 g/mol. The topological polar surface area (TPSA) is 122 Å². The number of esters is 1. The number of aliphatic imine (C=N–C) groups is 1. The predicted molar refractivity (Wildman–Crippen MR) is 104 cm³/mol. The molecule has 0 unspecified atom stereocenters. The Kier molecular flexibility index (Phi) is 8.91. The number of fused-ring (bicyclic) bond motifs is 14. The molecule has 0 atom stereocenters. The van der Waals surface area contributed by atoms with Crippen molar-refractivity contribution in [2.45, 2.75) is 13.8 Å². The van der Waals surface area contributed by atoms with Crippen molar-refractivity contribution in [3.05, 3.63) is 0 Å². The van der Waals surface area contributed by atoms with E-state index in [1.54, 1.807) is 6.92 Å². The molecule has 0 radical (unpaired) electrons. The minimum Gasteiger partial charge on any atom is -0.861 e. The van der Waals surface area contributed by atoms with Crippen molar-refractivity contribution in [1.29, 1.82) is 0 Å². The van der Waals surface area contributed by atoms with Crippen LogP contribution in [0, 0.1) is 10.8 Å². The molecule has 3 rings (SSSR count). The first-order chi connectivity index (χ1) is 13.0. The van der Waals surface area contributed by atoms with Gasteiger partial charge in [-0.1, -0.05) is 6.92 Å². The van der Waals surface area contributed by atoms with Crippen LogP contribution in [-0.4, -0.2) is 90.5 Å². The standard InChI is InChI=1S/C18H36N6O3/c1-3-27-16(26)18-13-22-6-4-19-10-17(2,11-20-5-7-23-14-18)12-21-8-9-24-15(18)25/h19-23H,3-14H2,1-2H3,(H,24,25)/p-1. The van der Waals surface area contributed by atoms with Gasteiger partial charge in [-0.05, 0) is 12.8 Å². The molecule has 0 aromatic rings. The lowest BCUT2D eigenvalue weighted by molar-refractivity contribution is -0.232. The third-order valence-electron chi connectivity index (χ3n) is 5.09. The summed E-state index contributed by atoms with van der Waals surface area (Å²) in [6, 6.07) is 0. The smallest absolute Gasteiger partial charge is 0.319 e. The summed E-state index contributed by atoms with van der Waals surface area (Å²) in [4.78, 5) is 17.0. The molecule has 9 nitrogen and oxygen atoms in total. The maximum atomic E-state index is 13.0. The van der Waals surface area contributed by atoms with E-state index >= 15 is 0 Å². The van der Waals surface area contributed by atoms with Gasteiger partial charge in [0.2, 0.25) is 0 Å². The van der Waals surface area contributed by atoms with Gasteiger partial charge in [0, 0.05) is 70.9 Å². The summed E-state index contributed by atoms with van der Waals surface area (Å²) in [7, 11) is 0. The Labute approximate surface area is 162 Å². The van der Waals surface area contributed by atoms with E-state index in [9.17, 15) is 9.90 Å². The lowest BCUT2D eigenvalue weighted by Gasteiger charge is -2.37. The van der Waals surface area contributed by atoms with Crippen LogP contribution in [0.4, 0.5) is 0 Å². The molecule has 3 aliphatic heterocycles. The summed E-state index contributed by atoms with van der Waals surface area (Å²) in [6.07, 6.45) is 0. The second kappa shape index (κ2) is 10.9. The number of nitrogens with one attached hydrogen (secondary N) is 5. The number of hydrogen-bond acceptors (Lipinski definition) is 9. The molecule has 3 heterocycles. The highest BCUT2D eigenvalue weighted by molar-refractivity contribution is 6.01. The van der Waals surface area contributed by atoms with Gasteiger partial charge in [0.25, 0.3) is 0 Å². The van der Waals surface area contributed by atoms with Crippen LogP contribution in [0.1, 0.15) is 13.8 Å². The number of ether oxygens (including phenoxy) is 1. The van der Waals surface area contributed by atoms with Crippen molar-refractivity contribution in [1.82, 2.24) is 26.6 Å². The van der Waals surface area contributed by atoms with Gasteiger partial charge in [0.1, 0.15) is 5.41 Å². The fourth-order valence-electron chi connectivity index (χ4n) is 3.42. The van der Waals surface area contributed by atoms with E-state index in [1.807, 2.05) is 0 Å². The van der Waals surface area contributed by atoms with Crippen LogP contribution in [0.2, 0.25) is 0 Å². The largest absolute Gasteiger partial charge is 0.861 e. The van der Waals surface area contributed by atoms with Crippen molar-refractivity contribution in [2.24, 2.45) is 15.8 Å². The van der Waals surface area contributed by atoms with Crippen LogP contribution in [-0.2, 0) is 9.53 Å². The molecule has 0 amide bonds. The molecular formula is C18H35N6O3-. The van der Waals surface area contributed by atoms with Crippen LogP contribution < -0.4 is 31.7 Å². The Bertz CT molecular complexity index is 483. The number of carbonyl (C=O) groups excluding carboxylic acids is 1. The van der Waals surface area contributed by atoms with Gasteiger partial charge >= 0.3 is 5.97 Å². The van der Waals surface area contributed by atoms with Crippen LogP contribution in [0.3, 0.4) is 0 Å². The molecule has 1 fully saturated rings. The second-order valence-electron chi connectivity index (χ2n) is 7.68. The molecule has 156 valence electrons. The number of nitrogens with zero attached hydrogens (tertiary/aromatic N) is 1.